The number of nitrogens with zero attached hydrogens (tertiary/aromatic N) is 4. The van der Waals surface area contributed by atoms with Gasteiger partial charge in [-0.3, -0.25) is 9.32 Å². The molecular formula is C20H25BrN7O5P. The van der Waals surface area contributed by atoms with Crippen LogP contribution in [0, 0.1) is 5.92 Å². The van der Waals surface area contributed by atoms with Gasteiger partial charge in [0.15, 0.2) is 11.5 Å². The van der Waals surface area contributed by atoms with E-state index >= 15 is 0 Å². The highest BCUT2D eigenvalue weighted by Crippen LogP contribution is 2.48. The van der Waals surface area contributed by atoms with Crippen molar-refractivity contribution in [2.24, 2.45) is 5.92 Å². The second-order valence-electron chi connectivity index (χ2n) is 7.99. The van der Waals surface area contributed by atoms with Gasteiger partial charge in [0.2, 0.25) is 5.95 Å². The van der Waals surface area contributed by atoms with Crippen LogP contribution in [0.3, 0.4) is 0 Å². The molecule has 0 bridgehead atoms. The van der Waals surface area contributed by atoms with Gasteiger partial charge in [-0.2, -0.15) is 15.1 Å². The molecule has 14 heteroatoms. The monoisotopic (exact) mass is 553 g/mol. The van der Waals surface area contributed by atoms with E-state index in [1.54, 1.807) is 30.6 Å². The lowest BCUT2D eigenvalue weighted by Crippen LogP contribution is -2.36. The Morgan fingerprint density at radius 3 is 2.68 bits per heavy atom. The number of hydrogen-bond acceptors (Lipinski definition) is 10. The number of halogens is 1. The van der Waals surface area contributed by atoms with E-state index in [0.29, 0.717) is 16.9 Å². The quantitative estimate of drug-likeness (QED) is 0.262. The maximum atomic E-state index is 13.5. The van der Waals surface area contributed by atoms with Gasteiger partial charge in [0, 0.05) is 10.5 Å². The Kier molecular flexibility index (Phi) is 7.08. The SMILES string of the molecule is COC(=O)[C@H](C)NP(=O)(OC[C@H]1C[C@@H](n2cnc3c(N)nc(N)nc32)C1)Oc1ccc(Br)cc1. The summed E-state index contributed by atoms with van der Waals surface area (Å²) in [6.45, 7) is 1.69. The van der Waals surface area contributed by atoms with Crippen LogP contribution in [0.2, 0.25) is 0 Å². The van der Waals surface area contributed by atoms with E-state index in [1.807, 2.05) is 4.57 Å². The van der Waals surface area contributed by atoms with Crippen molar-refractivity contribution in [2.75, 3.05) is 25.2 Å². The first kappa shape index (κ1) is 24.4. The average molecular weight is 554 g/mol. The number of esters is 1. The van der Waals surface area contributed by atoms with Crippen molar-refractivity contribution in [1.82, 2.24) is 24.6 Å². The number of methoxy groups -OCH3 is 1. The zero-order valence-electron chi connectivity index (χ0n) is 18.6. The van der Waals surface area contributed by atoms with E-state index in [2.05, 4.69) is 36.0 Å². The second kappa shape index (κ2) is 9.87. The molecule has 0 amide bonds. The summed E-state index contributed by atoms with van der Waals surface area (Å²) in [4.78, 5) is 24.3. The molecule has 5 N–H and O–H groups in total. The Balaban J connectivity index is 1.41. The molecule has 2 aromatic heterocycles. The Hall–Kier alpha value is -2.73. The van der Waals surface area contributed by atoms with E-state index < -0.39 is 19.8 Å². The highest BCUT2D eigenvalue weighted by atomic mass is 79.9. The lowest BCUT2D eigenvalue weighted by molar-refractivity contribution is -0.142. The minimum absolute atomic E-state index is 0.0859. The molecule has 182 valence electrons. The first-order chi connectivity index (χ1) is 16.2. The summed E-state index contributed by atoms with van der Waals surface area (Å²) >= 11 is 3.34. The van der Waals surface area contributed by atoms with Crippen molar-refractivity contribution in [3.63, 3.8) is 0 Å². The zero-order chi connectivity index (χ0) is 24.5. The Morgan fingerprint density at radius 1 is 1.29 bits per heavy atom. The highest BCUT2D eigenvalue weighted by molar-refractivity contribution is 9.10. The van der Waals surface area contributed by atoms with Crippen LogP contribution in [0.4, 0.5) is 11.8 Å². The molecule has 1 unspecified atom stereocenters. The largest absolute Gasteiger partial charge is 0.468 e. The molecule has 1 aliphatic rings. The smallest absolute Gasteiger partial charge is 0.459 e. The van der Waals surface area contributed by atoms with Crippen LogP contribution >= 0.6 is 23.7 Å². The second-order valence-corrected chi connectivity index (χ2v) is 10.6. The minimum atomic E-state index is -3.88. The number of hydrogen-bond donors (Lipinski definition) is 3. The van der Waals surface area contributed by atoms with Gasteiger partial charge >= 0.3 is 13.7 Å². The number of imidazole rings is 1. The number of anilines is 2. The van der Waals surface area contributed by atoms with Crippen molar-refractivity contribution in [1.29, 1.82) is 0 Å². The van der Waals surface area contributed by atoms with Crippen molar-refractivity contribution >= 4 is 52.6 Å². The number of fused-ring (bicyclic) bond motifs is 1. The Morgan fingerprint density at radius 2 is 2.00 bits per heavy atom. The van der Waals surface area contributed by atoms with Gasteiger partial charge in [0.25, 0.3) is 0 Å². The molecule has 3 aromatic rings. The zero-order valence-corrected chi connectivity index (χ0v) is 21.0. The lowest BCUT2D eigenvalue weighted by Gasteiger charge is -2.36. The molecule has 1 aromatic carbocycles. The fourth-order valence-electron chi connectivity index (χ4n) is 3.68. The van der Waals surface area contributed by atoms with Crippen LogP contribution in [-0.4, -0.2) is 45.2 Å². The van der Waals surface area contributed by atoms with Gasteiger partial charge in [0.05, 0.1) is 20.0 Å². The summed E-state index contributed by atoms with van der Waals surface area (Å²) in [6.07, 6.45) is 3.14. The number of aromatic nitrogens is 4. The third-order valence-corrected chi connectivity index (χ3v) is 7.67. The van der Waals surface area contributed by atoms with E-state index in [0.717, 1.165) is 17.3 Å². The van der Waals surface area contributed by atoms with Crippen molar-refractivity contribution in [2.45, 2.75) is 31.8 Å². The summed E-state index contributed by atoms with van der Waals surface area (Å²) in [5.41, 5.74) is 12.7. The molecule has 0 aliphatic heterocycles. The van der Waals surface area contributed by atoms with E-state index in [9.17, 15) is 9.36 Å². The normalized spacial score (nSPS) is 20.3. The number of benzene rings is 1. The topological polar surface area (TPSA) is 169 Å². The molecule has 0 spiro atoms. The molecular weight excluding hydrogens is 529 g/mol. The molecule has 1 fully saturated rings. The average Bonchev–Trinajstić information content (AvgIpc) is 3.17. The van der Waals surface area contributed by atoms with Gasteiger partial charge in [-0.15, -0.1) is 0 Å². The van der Waals surface area contributed by atoms with E-state index in [1.165, 1.54) is 14.0 Å². The van der Waals surface area contributed by atoms with Crippen molar-refractivity contribution in [3.8, 4) is 5.75 Å². The number of nitrogens with one attached hydrogen (secondary N) is 1. The predicted molar refractivity (Wildman–Crippen MR) is 129 cm³/mol. The summed E-state index contributed by atoms with van der Waals surface area (Å²) in [5, 5.41) is 2.65. The number of rotatable bonds is 9. The van der Waals surface area contributed by atoms with Crippen molar-refractivity contribution in [3.05, 3.63) is 35.1 Å². The maximum absolute atomic E-state index is 13.5. The number of ether oxygens (including phenoxy) is 1. The Bertz CT molecular complexity index is 1230. The molecule has 2 heterocycles. The molecule has 0 saturated heterocycles. The lowest BCUT2D eigenvalue weighted by atomic mass is 9.81. The molecule has 2 atom stereocenters. The van der Waals surface area contributed by atoms with E-state index in [-0.39, 0.29) is 30.3 Å². The van der Waals surface area contributed by atoms with E-state index in [4.69, 9.17) is 25.3 Å². The standard InChI is InChI=1S/C20H25BrN7O5P/c1-11(19(29)31-2)27-34(30,33-15-5-3-13(21)4-6-15)32-9-12-7-14(8-12)28-10-24-16-17(22)25-20(23)26-18(16)28/h3-6,10-12,14H,7-9H2,1-2H3,(H,27,30)(H4,22,23,25,26)/t11-,12-,14+,34?/m0/s1. The molecule has 12 nitrogen and oxygen atoms in total. The molecule has 1 saturated carbocycles. The van der Waals surface area contributed by atoms with Gasteiger partial charge < -0.3 is 25.3 Å². The predicted octanol–water partition coefficient (Wildman–Crippen LogP) is 3.06. The molecule has 4 rings (SSSR count). The number of carbonyl (C=O) groups excluding carboxylic acids is 1. The number of carbonyl (C=O) groups is 1. The maximum Gasteiger partial charge on any atom is 0.459 e. The number of nitrogens with two attached hydrogens (primary N) is 2. The fraction of sp³-hybridized carbons (Fsp3) is 0.400. The van der Waals surface area contributed by atoms with Gasteiger partial charge in [0.1, 0.15) is 17.3 Å². The van der Waals surface area contributed by atoms with Gasteiger partial charge in [-0.05, 0) is 49.9 Å². The third kappa shape index (κ3) is 5.33. The third-order valence-electron chi connectivity index (χ3n) is 5.50. The van der Waals surface area contributed by atoms with Crippen LogP contribution in [0.1, 0.15) is 25.8 Å². The van der Waals surface area contributed by atoms with Gasteiger partial charge in [-0.1, -0.05) is 15.9 Å². The molecule has 0 radical (unpaired) electrons. The highest BCUT2D eigenvalue weighted by Gasteiger charge is 2.37. The molecule has 34 heavy (non-hydrogen) atoms. The van der Waals surface area contributed by atoms with Crippen LogP contribution in [0.25, 0.3) is 11.2 Å². The fourth-order valence-corrected chi connectivity index (χ4v) is 5.51. The summed E-state index contributed by atoms with van der Waals surface area (Å²) in [6, 6.07) is 6.01. The van der Waals surface area contributed by atoms with Crippen LogP contribution in [0.5, 0.6) is 5.75 Å². The van der Waals surface area contributed by atoms with Crippen LogP contribution in [-0.2, 0) is 18.6 Å². The summed E-state index contributed by atoms with van der Waals surface area (Å²) in [7, 11) is -2.63. The first-order valence-electron chi connectivity index (χ1n) is 10.5. The van der Waals surface area contributed by atoms with Crippen LogP contribution < -0.4 is 21.1 Å². The Labute approximate surface area is 204 Å². The molecule has 1 aliphatic carbocycles. The first-order valence-corrected chi connectivity index (χ1v) is 12.8. The van der Waals surface area contributed by atoms with Crippen molar-refractivity contribution < 1.29 is 23.1 Å². The summed E-state index contributed by atoms with van der Waals surface area (Å²) < 4.78 is 32.3. The number of nitrogen functional groups attached to an aromatic ring is 2. The minimum Gasteiger partial charge on any atom is -0.468 e. The van der Waals surface area contributed by atoms with Crippen LogP contribution in [0.15, 0.2) is 35.1 Å². The van der Waals surface area contributed by atoms with Gasteiger partial charge in [-0.25, -0.2) is 9.55 Å². The summed E-state index contributed by atoms with van der Waals surface area (Å²) in [5.74, 6) is 0.179.